The van der Waals surface area contributed by atoms with Gasteiger partial charge in [0.2, 0.25) is 11.8 Å². The lowest BCUT2D eigenvalue weighted by Gasteiger charge is -2.14. The van der Waals surface area contributed by atoms with E-state index in [9.17, 15) is 4.79 Å². The molecule has 2 saturated carbocycles. The smallest absolute Gasteiger partial charge is 0.233 e. The number of carbonyl (C=O) groups is 1. The number of hydrogen-bond donors (Lipinski definition) is 0. The van der Waals surface area contributed by atoms with Crippen LogP contribution >= 0.6 is 0 Å². The van der Waals surface area contributed by atoms with Crippen molar-refractivity contribution in [2.45, 2.75) is 49.9 Å². The molecule has 5 nitrogen and oxygen atoms in total. The second-order valence-electron chi connectivity index (χ2n) is 8.04. The minimum Gasteiger partial charge on any atom is -0.342 e. The molecule has 3 aliphatic rings. The number of benzene rings is 1. The summed E-state index contributed by atoms with van der Waals surface area (Å²) in [6.07, 6.45) is 6.21. The van der Waals surface area contributed by atoms with E-state index in [0.29, 0.717) is 6.42 Å². The molecular formula is C20H23N3O2. The van der Waals surface area contributed by atoms with E-state index < -0.39 is 0 Å². The van der Waals surface area contributed by atoms with Gasteiger partial charge in [0, 0.05) is 25.4 Å². The third-order valence-electron chi connectivity index (χ3n) is 5.89. The standard InChI is InChI=1S/C20H23N3O2/c24-17-10-16(13-23(17)12-15-6-7-15)18-21-19(25-22-18)20(8-9-20)11-14-4-2-1-3-5-14/h1-5,15-16H,6-13H2/t16-/m0/s1. The van der Waals surface area contributed by atoms with Crippen molar-refractivity contribution in [3.63, 3.8) is 0 Å². The van der Waals surface area contributed by atoms with E-state index in [0.717, 1.165) is 50.0 Å². The molecule has 0 spiro atoms. The van der Waals surface area contributed by atoms with Crippen LogP contribution in [0.2, 0.25) is 0 Å². The zero-order valence-electron chi connectivity index (χ0n) is 14.4. The van der Waals surface area contributed by atoms with Gasteiger partial charge in [-0.1, -0.05) is 35.5 Å². The Morgan fingerprint density at radius 1 is 1.20 bits per heavy atom. The number of carbonyl (C=O) groups excluding carboxylic acids is 1. The lowest BCUT2D eigenvalue weighted by Crippen LogP contribution is -2.27. The largest absolute Gasteiger partial charge is 0.342 e. The van der Waals surface area contributed by atoms with E-state index in [1.54, 1.807) is 0 Å². The van der Waals surface area contributed by atoms with Crippen LogP contribution in [0.25, 0.3) is 0 Å². The fourth-order valence-corrected chi connectivity index (χ4v) is 3.95. The average molecular weight is 337 g/mol. The molecule has 0 radical (unpaired) electrons. The minimum atomic E-state index is 0.0168. The van der Waals surface area contributed by atoms with Gasteiger partial charge in [-0.25, -0.2) is 0 Å². The van der Waals surface area contributed by atoms with E-state index in [1.165, 1.54) is 18.4 Å². The van der Waals surface area contributed by atoms with Gasteiger partial charge in [0.1, 0.15) is 0 Å². The molecule has 3 fully saturated rings. The number of likely N-dealkylation sites (tertiary alicyclic amines) is 1. The Balaban J connectivity index is 1.30. The molecule has 1 aliphatic heterocycles. The van der Waals surface area contributed by atoms with Crippen LogP contribution in [-0.2, 0) is 16.6 Å². The second-order valence-corrected chi connectivity index (χ2v) is 8.04. The molecule has 1 amide bonds. The molecule has 1 saturated heterocycles. The number of aromatic nitrogens is 2. The summed E-state index contributed by atoms with van der Waals surface area (Å²) >= 11 is 0. The van der Waals surface area contributed by atoms with E-state index >= 15 is 0 Å². The third-order valence-corrected chi connectivity index (χ3v) is 5.89. The number of hydrogen-bond acceptors (Lipinski definition) is 4. The summed E-state index contributed by atoms with van der Waals surface area (Å²) in [5.74, 6) is 2.55. The fraction of sp³-hybridized carbons (Fsp3) is 0.550. The molecule has 2 heterocycles. The monoisotopic (exact) mass is 337 g/mol. The van der Waals surface area contributed by atoms with Gasteiger partial charge in [-0.3, -0.25) is 4.79 Å². The van der Waals surface area contributed by atoms with Crippen LogP contribution in [-0.4, -0.2) is 34.0 Å². The summed E-state index contributed by atoms with van der Waals surface area (Å²) in [5, 5.41) is 4.24. The Bertz CT molecular complexity index is 777. The van der Waals surface area contributed by atoms with Crippen molar-refractivity contribution in [1.82, 2.24) is 15.0 Å². The summed E-state index contributed by atoms with van der Waals surface area (Å²) in [7, 11) is 0. The molecule has 1 aromatic heterocycles. The van der Waals surface area contributed by atoms with Crippen molar-refractivity contribution >= 4 is 5.91 Å². The van der Waals surface area contributed by atoms with Gasteiger partial charge in [0.15, 0.2) is 5.82 Å². The lowest BCUT2D eigenvalue weighted by molar-refractivity contribution is -0.127. The molecule has 130 valence electrons. The molecule has 0 bridgehead atoms. The first-order valence-corrected chi connectivity index (χ1v) is 9.38. The van der Waals surface area contributed by atoms with Gasteiger partial charge in [0.05, 0.1) is 5.41 Å². The van der Waals surface area contributed by atoms with Crippen LogP contribution in [0.5, 0.6) is 0 Å². The summed E-state index contributed by atoms with van der Waals surface area (Å²) in [5.41, 5.74) is 1.33. The predicted octanol–water partition coefficient (Wildman–Crippen LogP) is 3.07. The maximum atomic E-state index is 12.2. The van der Waals surface area contributed by atoms with Crippen LogP contribution in [0, 0.1) is 5.92 Å². The second kappa shape index (κ2) is 5.68. The molecular weight excluding hydrogens is 314 g/mol. The number of amides is 1. The molecule has 25 heavy (non-hydrogen) atoms. The molecule has 5 heteroatoms. The van der Waals surface area contributed by atoms with Crippen molar-refractivity contribution in [3.8, 4) is 0 Å². The highest BCUT2D eigenvalue weighted by molar-refractivity contribution is 5.79. The van der Waals surface area contributed by atoms with E-state index in [2.05, 4.69) is 29.4 Å². The summed E-state index contributed by atoms with van der Waals surface area (Å²) in [6, 6.07) is 10.5. The topological polar surface area (TPSA) is 59.2 Å². The maximum absolute atomic E-state index is 12.2. The molecule has 2 aliphatic carbocycles. The zero-order chi connectivity index (χ0) is 16.9. The SMILES string of the molecule is O=C1C[C@H](c2noc(C3(Cc4ccccc4)CC3)n2)CN1CC1CC1. The highest BCUT2D eigenvalue weighted by atomic mass is 16.5. The van der Waals surface area contributed by atoms with Gasteiger partial charge in [-0.15, -0.1) is 0 Å². The first-order chi connectivity index (χ1) is 12.2. The van der Waals surface area contributed by atoms with Crippen molar-refractivity contribution in [1.29, 1.82) is 0 Å². The lowest BCUT2D eigenvalue weighted by atomic mass is 9.96. The summed E-state index contributed by atoms with van der Waals surface area (Å²) in [6.45, 7) is 1.66. The highest BCUT2D eigenvalue weighted by Crippen LogP contribution is 2.50. The Morgan fingerprint density at radius 2 is 2.00 bits per heavy atom. The predicted molar refractivity (Wildman–Crippen MR) is 92.0 cm³/mol. The van der Waals surface area contributed by atoms with Crippen molar-refractivity contribution in [2.24, 2.45) is 5.92 Å². The van der Waals surface area contributed by atoms with E-state index in [-0.39, 0.29) is 17.2 Å². The first kappa shape index (κ1) is 15.1. The average Bonchev–Trinajstić information content (AvgIpc) is 3.51. The summed E-state index contributed by atoms with van der Waals surface area (Å²) < 4.78 is 5.65. The van der Waals surface area contributed by atoms with Gasteiger partial charge in [0.25, 0.3) is 0 Å². The quantitative estimate of drug-likeness (QED) is 0.813. The number of rotatable bonds is 6. The van der Waals surface area contributed by atoms with Crippen LogP contribution in [0.4, 0.5) is 0 Å². The first-order valence-electron chi connectivity index (χ1n) is 9.38. The van der Waals surface area contributed by atoms with Crippen molar-refractivity contribution in [2.75, 3.05) is 13.1 Å². The third kappa shape index (κ3) is 2.96. The van der Waals surface area contributed by atoms with Gasteiger partial charge < -0.3 is 9.42 Å². The van der Waals surface area contributed by atoms with Gasteiger partial charge in [-0.2, -0.15) is 4.98 Å². The highest BCUT2D eigenvalue weighted by Gasteiger charge is 2.49. The van der Waals surface area contributed by atoms with Crippen LogP contribution in [0.15, 0.2) is 34.9 Å². The van der Waals surface area contributed by atoms with Gasteiger partial charge >= 0.3 is 0 Å². The molecule has 0 N–H and O–H groups in total. The molecule has 1 aromatic carbocycles. The van der Waals surface area contributed by atoms with Crippen molar-refractivity contribution in [3.05, 3.63) is 47.6 Å². The van der Waals surface area contributed by atoms with Crippen LogP contribution < -0.4 is 0 Å². The van der Waals surface area contributed by atoms with Crippen LogP contribution in [0.3, 0.4) is 0 Å². The molecule has 5 rings (SSSR count). The zero-order valence-corrected chi connectivity index (χ0v) is 14.4. The Morgan fingerprint density at radius 3 is 2.72 bits per heavy atom. The molecule has 0 unspecified atom stereocenters. The maximum Gasteiger partial charge on any atom is 0.233 e. The molecule has 1 atom stereocenters. The van der Waals surface area contributed by atoms with Crippen molar-refractivity contribution < 1.29 is 9.32 Å². The van der Waals surface area contributed by atoms with E-state index in [1.807, 2.05) is 11.0 Å². The van der Waals surface area contributed by atoms with Gasteiger partial charge in [-0.05, 0) is 43.6 Å². The summed E-state index contributed by atoms with van der Waals surface area (Å²) in [4.78, 5) is 18.9. The van der Waals surface area contributed by atoms with E-state index in [4.69, 9.17) is 9.51 Å². The number of nitrogens with zero attached hydrogens (tertiary/aromatic N) is 3. The minimum absolute atomic E-state index is 0.0168. The Labute approximate surface area is 147 Å². The molecule has 2 aromatic rings. The normalized spacial score (nSPS) is 24.7. The Hall–Kier alpha value is -2.17. The fourth-order valence-electron chi connectivity index (χ4n) is 3.95. The Kier molecular flexibility index (Phi) is 3.43. The van der Waals surface area contributed by atoms with Crippen LogP contribution in [0.1, 0.15) is 55.3 Å².